The van der Waals surface area contributed by atoms with Gasteiger partial charge in [-0.1, -0.05) is 23.7 Å². The van der Waals surface area contributed by atoms with E-state index in [-0.39, 0.29) is 18.1 Å². The molecule has 4 aromatic rings. The molecule has 0 fully saturated rings. The number of rotatable bonds is 5. The van der Waals surface area contributed by atoms with Gasteiger partial charge in [-0.2, -0.15) is 0 Å². The van der Waals surface area contributed by atoms with E-state index < -0.39 is 6.36 Å². The summed E-state index contributed by atoms with van der Waals surface area (Å²) < 4.78 is 42.3. The van der Waals surface area contributed by atoms with Crippen molar-refractivity contribution in [2.45, 2.75) is 12.8 Å². The molecule has 0 atom stereocenters. The Balaban J connectivity index is 1.45. The van der Waals surface area contributed by atoms with Crippen LogP contribution < -0.4 is 10.1 Å². The van der Waals surface area contributed by atoms with Crippen LogP contribution in [0.15, 0.2) is 60.1 Å². The van der Waals surface area contributed by atoms with E-state index in [2.05, 4.69) is 15.0 Å². The number of carbonyl (C=O) groups excluding carboxylic acids is 1. The Morgan fingerprint density at radius 1 is 1.13 bits per heavy atom. The lowest BCUT2D eigenvalue weighted by Gasteiger charge is -2.10. The van der Waals surface area contributed by atoms with Gasteiger partial charge >= 0.3 is 6.36 Å². The van der Waals surface area contributed by atoms with Crippen LogP contribution in [0.5, 0.6) is 5.75 Å². The molecule has 4 rings (SSSR count). The number of nitrogens with zero attached hydrogens (tertiary/aromatic N) is 2. The molecule has 154 valence electrons. The normalized spacial score (nSPS) is 11.6. The van der Waals surface area contributed by atoms with E-state index in [0.717, 1.165) is 34.0 Å². The SMILES string of the molecule is O=C(Cc1csc2nc(-c3ccc(Cl)cc3)cn12)Nc1ccc(OC(F)(F)F)cc1. The number of ether oxygens (including phenoxy) is 1. The molecule has 0 saturated carbocycles. The number of hydrogen-bond donors (Lipinski definition) is 1. The smallest absolute Gasteiger partial charge is 0.406 e. The van der Waals surface area contributed by atoms with Crippen LogP contribution in [-0.2, 0) is 11.2 Å². The summed E-state index contributed by atoms with van der Waals surface area (Å²) in [6.45, 7) is 0. The third kappa shape index (κ3) is 4.74. The number of imidazole rings is 1. The van der Waals surface area contributed by atoms with Gasteiger partial charge in [-0.25, -0.2) is 4.98 Å². The first-order chi connectivity index (χ1) is 14.3. The molecule has 10 heteroatoms. The van der Waals surface area contributed by atoms with Crippen molar-refractivity contribution in [3.8, 4) is 17.0 Å². The van der Waals surface area contributed by atoms with Crippen molar-refractivity contribution in [2.24, 2.45) is 0 Å². The largest absolute Gasteiger partial charge is 0.573 e. The van der Waals surface area contributed by atoms with Crippen molar-refractivity contribution in [3.05, 3.63) is 70.8 Å². The van der Waals surface area contributed by atoms with Crippen LogP contribution in [0.2, 0.25) is 5.02 Å². The van der Waals surface area contributed by atoms with Gasteiger partial charge in [-0.3, -0.25) is 9.20 Å². The summed E-state index contributed by atoms with van der Waals surface area (Å²) >= 11 is 7.33. The van der Waals surface area contributed by atoms with Crippen molar-refractivity contribution >= 4 is 39.5 Å². The lowest BCUT2D eigenvalue weighted by atomic mass is 10.2. The number of benzene rings is 2. The molecule has 0 saturated heterocycles. The van der Waals surface area contributed by atoms with E-state index >= 15 is 0 Å². The van der Waals surface area contributed by atoms with E-state index in [1.165, 1.54) is 23.5 Å². The van der Waals surface area contributed by atoms with Gasteiger partial charge in [0.2, 0.25) is 5.91 Å². The summed E-state index contributed by atoms with van der Waals surface area (Å²) in [4.78, 5) is 17.7. The van der Waals surface area contributed by atoms with Crippen molar-refractivity contribution in [1.29, 1.82) is 0 Å². The number of carbonyl (C=O) groups is 1. The second-order valence-corrected chi connectivity index (χ2v) is 7.58. The average molecular weight is 452 g/mol. The molecule has 1 N–H and O–H groups in total. The molecule has 2 heterocycles. The van der Waals surface area contributed by atoms with Crippen LogP contribution in [0.25, 0.3) is 16.2 Å². The topological polar surface area (TPSA) is 55.6 Å². The summed E-state index contributed by atoms with van der Waals surface area (Å²) in [5.74, 6) is -0.658. The molecular formula is C20H13ClF3N3O2S. The summed E-state index contributed by atoms with van der Waals surface area (Å²) in [6.07, 6.45) is -2.83. The lowest BCUT2D eigenvalue weighted by molar-refractivity contribution is -0.274. The molecule has 2 aromatic carbocycles. The molecule has 1 amide bonds. The van der Waals surface area contributed by atoms with Crippen LogP contribution in [0.4, 0.5) is 18.9 Å². The Labute approximate surface area is 177 Å². The van der Waals surface area contributed by atoms with Gasteiger partial charge in [0.1, 0.15) is 5.75 Å². The van der Waals surface area contributed by atoms with Gasteiger partial charge in [0.05, 0.1) is 12.1 Å². The van der Waals surface area contributed by atoms with Crippen LogP contribution in [-0.4, -0.2) is 21.7 Å². The fourth-order valence-electron chi connectivity index (χ4n) is 2.83. The lowest BCUT2D eigenvalue weighted by Crippen LogP contribution is -2.17. The van der Waals surface area contributed by atoms with Gasteiger partial charge < -0.3 is 10.1 Å². The predicted octanol–water partition coefficient (Wildman–Crippen LogP) is 5.80. The van der Waals surface area contributed by atoms with Gasteiger partial charge in [-0.15, -0.1) is 24.5 Å². The number of anilines is 1. The van der Waals surface area contributed by atoms with Gasteiger partial charge in [0, 0.05) is 33.5 Å². The summed E-state index contributed by atoms with van der Waals surface area (Å²) in [6, 6.07) is 12.3. The van der Waals surface area contributed by atoms with E-state index in [0.29, 0.717) is 10.7 Å². The minimum Gasteiger partial charge on any atom is -0.406 e. The Bertz CT molecular complexity index is 1180. The molecule has 0 aliphatic rings. The summed E-state index contributed by atoms with van der Waals surface area (Å²) in [7, 11) is 0. The zero-order chi connectivity index (χ0) is 21.3. The number of nitrogens with one attached hydrogen (secondary N) is 1. The monoisotopic (exact) mass is 451 g/mol. The zero-order valence-electron chi connectivity index (χ0n) is 15.1. The molecule has 0 bridgehead atoms. The third-order valence-electron chi connectivity index (χ3n) is 4.14. The number of amides is 1. The molecular weight excluding hydrogens is 439 g/mol. The Hall–Kier alpha value is -3.04. The van der Waals surface area contributed by atoms with Crippen LogP contribution in [0.1, 0.15) is 5.69 Å². The fraction of sp³-hybridized carbons (Fsp3) is 0.100. The van der Waals surface area contributed by atoms with Crippen molar-refractivity contribution in [1.82, 2.24) is 9.38 Å². The molecule has 0 aliphatic heterocycles. The maximum Gasteiger partial charge on any atom is 0.573 e. The number of fused-ring (bicyclic) bond motifs is 1. The first-order valence-electron chi connectivity index (χ1n) is 8.64. The maximum absolute atomic E-state index is 12.4. The number of halogens is 4. The van der Waals surface area contributed by atoms with E-state index in [9.17, 15) is 18.0 Å². The highest BCUT2D eigenvalue weighted by Gasteiger charge is 2.31. The van der Waals surface area contributed by atoms with Crippen LogP contribution in [0, 0.1) is 0 Å². The second-order valence-electron chi connectivity index (χ2n) is 6.31. The molecule has 0 radical (unpaired) electrons. The molecule has 0 spiro atoms. The third-order valence-corrected chi connectivity index (χ3v) is 5.28. The molecule has 2 aromatic heterocycles. The highest BCUT2D eigenvalue weighted by atomic mass is 35.5. The van der Waals surface area contributed by atoms with E-state index in [1.54, 1.807) is 12.1 Å². The van der Waals surface area contributed by atoms with Crippen molar-refractivity contribution in [2.75, 3.05) is 5.32 Å². The minimum absolute atomic E-state index is 0.0806. The standard InChI is InChI=1S/C20H13ClF3N3O2S/c21-13-3-1-12(2-4-13)17-10-27-15(11-30-19(27)26-17)9-18(28)25-14-5-7-16(8-6-14)29-20(22,23)24/h1-8,10-11H,9H2,(H,25,28). The van der Waals surface area contributed by atoms with Crippen LogP contribution >= 0.6 is 22.9 Å². The first-order valence-corrected chi connectivity index (χ1v) is 9.90. The van der Waals surface area contributed by atoms with Crippen molar-refractivity contribution in [3.63, 3.8) is 0 Å². The summed E-state index contributed by atoms with van der Waals surface area (Å²) in [5.41, 5.74) is 2.79. The highest BCUT2D eigenvalue weighted by Crippen LogP contribution is 2.26. The highest BCUT2D eigenvalue weighted by molar-refractivity contribution is 7.15. The maximum atomic E-state index is 12.4. The quantitative estimate of drug-likeness (QED) is 0.417. The first kappa shape index (κ1) is 20.2. The molecule has 5 nitrogen and oxygen atoms in total. The number of alkyl halides is 3. The second kappa shape index (κ2) is 8.00. The molecule has 0 aliphatic carbocycles. The Morgan fingerprint density at radius 3 is 2.50 bits per heavy atom. The van der Waals surface area contributed by atoms with E-state index in [1.807, 2.05) is 28.1 Å². The van der Waals surface area contributed by atoms with Gasteiger partial charge in [0.25, 0.3) is 0 Å². The average Bonchev–Trinajstić information content (AvgIpc) is 3.25. The Kier molecular flexibility index (Phi) is 5.40. The zero-order valence-corrected chi connectivity index (χ0v) is 16.7. The van der Waals surface area contributed by atoms with E-state index in [4.69, 9.17) is 11.6 Å². The summed E-state index contributed by atoms with van der Waals surface area (Å²) in [5, 5.41) is 5.14. The van der Waals surface area contributed by atoms with Gasteiger partial charge in [-0.05, 0) is 36.4 Å². The van der Waals surface area contributed by atoms with Crippen LogP contribution in [0.3, 0.4) is 0 Å². The minimum atomic E-state index is -4.76. The number of hydrogen-bond acceptors (Lipinski definition) is 4. The number of aromatic nitrogens is 2. The van der Waals surface area contributed by atoms with Crippen molar-refractivity contribution < 1.29 is 22.7 Å². The van der Waals surface area contributed by atoms with Gasteiger partial charge in [0.15, 0.2) is 4.96 Å². The fourth-order valence-corrected chi connectivity index (χ4v) is 3.82. The molecule has 0 unspecified atom stereocenters. The Morgan fingerprint density at radius 2 is 1.83 bits per heavy atom. The predicted molar refractivity (Wildman–Crippen MR) is 109 cm³/mol. The molecule has 30 heavy (non-hydrogen) atoms. The number of thiazole rings is 1.